The Morgan fingerprint density at radius 2 is 1.95 bits per heavy atom. The Bertz CT molecular complexity index is 421. The second kappa shape index (κ2) is 10.2. The molecule has 0 aromatic heterocycles. The van der Waals surface area contributed by atoms with E-state index < -0.39 is 0 Å². The van der Waals surface area contributed by atoms with Gasteiger partial charge >= 0.3 is 0 Å². The van der Waals surface area contributed by atoms with E-state index in [1.807, 2.05) is 18.2 Å². The highest BCUT2D eigenvalue weighted by Gasteiger charge is 2.10. The molecule has 0 spiro atoms. The average Bonchev–Trinajstić information content (AvgIpc) is 2.53. The summed E-state index contributed by atoms with van der Waals surface area (Å²) in [5.74, 6) is 7.18. The third-order valence-corrected chi connectivity index (χ3v) is 3.63. The average molecular weight is 292 g/mol. The molecule has 0 aliphatic rings. The summed E-state index contributed by atoms with van der Waals surface area (Å²) in [6, 6.07) is 6.29. The van der Waals surface area contributed by atoms with Gasteiger partial charge in [-0.2, -0.15) is 0 Å². The number of methoxy groups -OCH3 is 2. The molecule has 4 heteroatoms. The van der Waals surface area contributed by atoms with Crippen LogP contribution in [0, 0.1) is 0 Å². The minimum Gasteiger partial charge on any atom is -0.493 e. The lowest BCUT2D eigenvalue weighted by Crippen LogP contribution is -2.36. The van der Waals surface area contributed by atoms with Gasteiger partial charge in [0.25, 0.3) is 0 Å². The van der Waals surface area contributed by atoms with Crippen LogP contribution in [0.15, 0.2) is 30.9 Å². The Balaban J connectivity index is 2.50. The maximum absolute atomic E-state index is 5.67. The van der Waals surface area contributed by atoms with Crippen LogP contribution in [0.25, 0.3) is 0 Å². The molecule has 118 valence electrons. The normalized spacial score (nSPS) is 12.0. The van der Waals surface area contributed by atoms with Crippen molar-refractivity contribution in [1.29, 1.82) is 0 Å². The summed E-state index contributed by atoms with van der Waals surface area (Å²) in [6.07, 6.45) is 8.63. The number of benzene rings is 1. The largest absolute Gasteiger partial charge is 0.493 e. The van der Waals surface area contributed by atoms with Crippen LogP contribution < -0.4 is 20.7 Å². The van der Waals surface area contributed by atoms with Gasteiger partial charge < -0.3 is 9.47 Å². The van der Waals surface area contributed by atoms with Crippen molar-refractivity contribution in [2.45, 2.75) is 44.6 Å². The summed E-state index contributed by atoms with van der Waals surface area (Å²) in [4.78, 5) is 0. The SMILES string of the molecule is C=CCCCCCC(Cc1ccc(OC)c(OC)c1)NN. The van der Waals surface area contributed by atoms with Gasteiger partial charge in [0.15, 0.2) is 11.5 Å². The van der Waals surface area contributed by atoms with Gasteiger partial charge in [-0.3, -0.25) is 11.3 Å². The Morgan fingerprint density at radius 3 is 2.57 bits per heavy atom. The summed E-state index contributed by atoms with van der Waals surface area (Å²) >= 11 is 0. The van der Waals surface area contributed by atoms with Gasteiger partial charge in [-0.25, -0.2) is 0 Å². The van der Waals surface area contributed by atoms with E-state index in [1.165, 1.54) is 24.8 Å². The number of nitrogens with two attached hydrogens (primary N) is 1. The molecule has 0 amide bonds. The standard InChI is InChI=1S/C17H28N2O2/c1-4-5-6-7-8-9-15(19-18)12-14-10-11-16(20-2)17(13-14)21-3/h4,10-11,13,15,19H,1,5-9,12,18H2,2-3H3. The van der Waals surface area contributed by atoms with E-state index in [1.54, 1.807) is 14.2 Å². The number of allylic oxidation sites excluding steroid dienone is 1. The molecule has 0 saturated heterocycles. The lowest BCUT2D eigenvalue weighted by molar-refractivity contribution is 0.354. The second-order valence-electron chi connectivity index (χ2n) is 5.18. The fourth-order valence-corrected chi connectivity index (χ4v) is 2.39. The molecule has 1 rings (SSSR count). The van der Waals surface area contributed by atoms with Crippen LogP contribution in [-0.2, 0) is 6.42 Å². The molecule has 4 nitrogen and oxygen atoms in total. The van der Waals surface area contributed by atoms with E-state index >= 15 is 0 Å². The van der Waals surface area contributed by atoms with Crippen LogP contribution in [0.1, 0.15) is 37.7 Å². The highest BCUT2D eigenvalue weighted by molar-refractivity contribution is 5.43. The number of ether oxygens (including phenoxy) is 2. The molecule has 21 heavy (non-hydrogen) atoms. The summed E-state index contributed by atoms with van der Waals surface area (Å²) in [5.41, 5.74) is 4.11. The number of nitrogens with one attached hydrogen (secondary N) is 1. The summed E-state index contributed by atoms with van der Waals surface area (Å²) in [6.45, 7) is 3.74. The van der Waals surface area contributed by atoms with Crippen molar-refractivity contribution in [3.63, 3.8) is 0 Å². The van der Waals surface area contributed by atoms with Crippen LogP contribution in [0.3, 0.4) is 0 Å². The van der Waals surface area contributed by atoms with Crippen molar-refractivity contribution in [1.82, 2.24) is 5.43 Å². The van der Waals surface area contributed by atoms with Gasteiger partial charge in [-0.15, -0.1) is 6.58 Å². The van der Waals surface area contributed by atoms with Crippen molar-refractivity contribution < 1.29 is 9.47 Å². The molecule has 0 heterocycles. The summed E-state index contributed by atoms with van der Waals surface area (Å²) in [7, 11) is 3.30. The smallest absolute Gasteiger partial charge is 0.160 e. The van der Waals surface area contributed by atoms with Crippen molar-refractivity contribution in [2.24, 2.45) is 5.84 Å². The molecule has 1 aromatic carbocycles. The van der Waals surface area contributed by atoms with E-state index in [4.69, 9.17) is 15.3 Å². The number of rotatable bonds is 11. The van der Waals surface area contributed by atoms with Gasteiger partial charge in [-0.05, 0) is 43.4 Å². The van der Waals surface area contributed by atoms with Gasteiger partial charge in [0.2, 0.25) is 0 Å². The van der Waals surface area contributed by atoms with Crippen molar-refractivity contribution in [3.05, 3.63) is 36.4 Å². The zero-order chi connectivity index (χ0) is 15.5. The number of unbranched alkanes of at least 4 members (excludes halogenated alkanes) is 3. The van der Waals surface area contributed by atoms with Crippen LogP contribution in [-0.4, -0.2) is 20.3 Å². The quantitative estimate of drug-likeness (QED) is 0.284. The lowest BCUT2D eigenvalue weighted by atomic mass is 10.00. The van der Waals surface area contributed by atoms with Crippen LogP contribution in [0.2, 0.25) is 0 Å². The number of hydrazine groups is 1. The van der Waals surface area contributed by atoms with Crippen molar-refractivity contribution in [2.75, 3.05) is 14.2 Å². The fourth-order valence-electron chi connectivity index (χ4n) is 2.39. The topological polar surface area (TPSA) is 56.5 Å². The molecule has 0 radical (unpaired) electrons. The Hall–Kier alpha value is -1.52. The van der Waals surface area contributed by atoms with Crippen LogP contribution in [0.5, 0.6) is 11.5 Å². The predicted molar refractivity (Wildman–Crippen MR) is 87.6 cm³/mol. The lowest BCUT2D eigenvalue weighted by Gasteiger charge is -2.17. The Morgan fingerprint density at radius 1 is 1.19 bits per heavy atom. The van der Waals surface area contributed by atoms with Gasteiger partial charge in [0.1, 0.15) is 0 Å². The second-order valence-corrected chi connectivity index (χ2v) is 5.18. The highest BCUT2D eigenvalue weighted by Crippen LogP contribution is 2.28. The minimum atomic E-state index is 0.284. The van der Waals surface area contributed by atoms with E-state index in [2.05, 4.69) is 18.1 Å². The summed E-state index contributed by atoms with van der Waals surface area (Å²) < 4.78 is 10.6. The van der Waals surface area contributed by atoms with E-state index in [9.17, 15) is 0 Å². The summed E-state index contributed by atoms with van der Waals surface area (Å²) in [5, 5.41) is 0. The van der Waals surface area contributed by atoms with E-state index in [-0.39, 0.29) is 6.04 Å². The molecule has 1 atom stereocenters. The molecule has 0 bridgehead atoms. The third kappa shape index (κ3) is 6.19. The molecular weight excluding hydrogens is 264 g/mol. The van der Waals surface area contributed by atoms with Gasteiger partial charge in [0.05, 0.1) is 14.2 Å². The molecular formula is C17H28N2O2. The molecule has 0 aliphatic carbocycles. The molecule has 0 fully saturated rings. The first-order chi connectivity index (χ1) is 10.2. The molecule has 1 unspecified atom stereocenters. The Kier molecular flexibility index (Phi) is 8.55. The first-order valence-corrected chi connectivity index (χ1v) is 7.53. The maximum Gasteiger partial charge on any atom is 0.160 e. The molecule has 3 N–H and O–H groups in total. The van der Waals surface area contributed by atoms with Crippen LogP contribution >= 0.6 is 0 Å². The monoisotopic (exact) mass is 292 g/mol. The Labute approximate surface area is 128 Å². The van der Waals surface area contributed by atoms with Crippen molar-refractivity contribution >= 4 is 0 Å². The number of hydrogen-bond donors (Lipinski definition) is 2. The fraction of sp³-hybridized carbons (Fsp3) is 0.529. The first-order valence-electron chi connectivity index (χ1n) is 7.53. The third-order valence-electron chi connectivity index (χ3n) is 3.63. The van der Waals surface area contributed by atoms with E-state index in [0.717, 1.165) is 30.8 Å². The zero-order valence-corrected chi connectivity index (χ0v) is 13.2. The molecule has 0 aliphatic heterocycles. The maximum atomic E-state index is 5.67. The highest BCUT2D eigenvalue weighted by atomic mass is 16.5. The number of hydrogen-bond acceptors (Lipinski definition) is 4. The minimum absolute atomic E-state index is 0.284. The zero-order valence-electron chi connectivity index (χ0n) is 13.2. The first kappa shape index (κ1) is 17.5. The van der Waals surface area contributed by atoms with Crippen molar-refractivity contribution in [3.8, 4) is 11.5 Å². The van der Waals surface area contributed by atoms with Crippen LogP contribution in [0.4, 0.5) is 0 Å². The van der Waals surface area contributed by atoms with E-state index in [0.29, 0.717) is 0 Å². The van der Waals surface area contributed by atoms with Gasteiger partial charge in [-0.1, -0.05) is 25.0 Å². The molecule has 1 aromatic rings. The van der Waals surface area contributed by atoms with Gasteiger partial charge in [0, 0.05) is 6.04 Å². The molecule has 0 saturated carbocycles. The predicted octanol–water partition coefficient (Wildman–Crippen LogP) is 3.21.